The number of thiazole rings is 1. The summed E-state index contributed by atoms with van der Waals surface area (Å²) in [5.41, 5.74) is 2.91. The average molecular weight is 346 g/mol. The largest absolute Gasteiger partial charge is 0.345 e. The number of nitrogens with zero attached hydrogens (tertiary/aromatic N) is 3. The van der Waals surface area contributed by atoms with Gasteiger partial charge in [-0.25, -0.2) is 15.0 Å². The van der Waals surface area contributed by atoms with Crippen LogP contribution in [0.2, 0.25) is 0 Å². The van der Waals surface area contributed by atoms with Gasteiger partial charge in [0, 0.05) is 11.8 Å². The molecule has 0 aliphatic carbocycles. The molecule has 2 heterocycles. The fourth-order valence-corrected chi connectivity index (χ4v) is 3.48. The monoisotopic (exact) mass is 346 g/mol. The topological polar surface area (TPSA) is 67.8 Å². The number of para-hydroxylation sites is 1. The number of hydrogen-bond donors (Lipinski definition) is 1. The van der Waals surface area contributed by atoms with E-state index in [0.717, 1.165) is 20.8 Å². The van der Waals surface area contributed by atoms with Crippen LogP contribution in [-0.4, -0.2) is 20.9 Å². The Labute approximate surface area is 148 Å². The molecule has 2 aromatic heterocycles. The fourth-order valence-electron chi connectivity index (χ4n) is 2.57. The molecule has 1 amide bonds. The molecule has 122 valence electrons. The number of hydrogen-bond acceptors (Lipinski definition) is 5. The van der Waals surface area contributed by atoms with Crippen LogP contribution in [0.4, 0.5) is 0 Å². The van der Waals surface area contributed by atoms with Crippen molar-refractivity contribution in [2.75, 3.05) is 0 Å². The standard InChI is InChI=1S/C19H14N4OS/c24-19(21-11-17-23-15-8-4-5-9-16(15)25-17)14-10-20-12-22-18(14)13-6-2-1-3-7-13/h1-10,12H,11H2,(H,21,24). The lowest BCUT2D eigenvalue weighted by Crippen LogP contribution is -2.23. The molecule has 0 aliphatic rings. The van der Waals surface area contributed by atoms with Crippen LogP contribution < -0.4 is 5.32 Å². The van der Waals surface area contributed by atoms with Gasteiger partial charge in [0.15, 0.2) is 0 Å². The van der Waals surface area contributed by atoms with E-state index in [1.165, 1.54) is 6.33 Å². The highest BCUT2D eigenvalue weighted by molar-refractivity contribution is 7.18. The number of aromatic nitrogens is 3. The molecular weight excluding hydrogens is 332 g/mol. The van der Waals surface area contributed by atoms with Crippen LogP contribution in [0.5, 0.6) is 0 Å². The van der Waals surface area contributed by atoms with Gasteiger partial charge < -0.3 is 5.32 Å². The lowest BCUT2D eigenvalue weighted by Gasteiger charge is -2.08. The van der Waals surface area contributed by atoms with E-state index in [4.69, 9.17) is 0 Å². The van der Waals surface area contributed by atoms with Crippen LogP contribution in [0.1, 0.15) is 15.4 Å². The summed E-state index contributed by atoms with van der Waals surface area (Å²) in [6, 6.07) is 17.5. The van der Waals surface area contributed by atoms with Gasteiger partial charge in [-0.1, -0.05) is 42.5 Å². The molecule has 0 bridgehead atoms. The first-order valence-electron chi connectivity index (χ1n) is 7.79. The maximum atomic E-state index is 12.6. The number of carbonyl (C=O) groups excluding carboxylic acids is 1. The van der Waals surface area contributed by atoms with E-state index in [1.807, 2.05) is 54.6 Å². The second-order valence-electron chi connectivity index (χ2n) is 5.41. The van der Waals surface area contributed by atoms with Crippen molar-refractivity contribution in [3.63, 3.8) is 0 Å². The predicted molar refractivity (Wildman–Crippen MR) is 98.3 cm³/mol. The molecule has 6 heteroatoms. The first kappa shape index (κ1) is 15.4. The third kappa shape index (κ3) is 3.25. The van der Waals surface area contributed by atoms with E-state index >= 15 is 0 Å². The summed E-state index contributed by atoms with van der Waals surface area (Å²) in [6.45, 7) is 0.376. The van der Waals surface area contributed by atoms with Gasteiger partial charge in [0.25, 0.3) is 5.91 Å². The molecular formula is C19H14N4OS. The van der Waals surface area contributed by atoms with Crippen molar-refractivity contribution >= 4 is 27.5 Å². The molecule has 0 aliphatic heterocycles. The quantitative estimate of drug-likeness (QED) is 0.612. The van der Waals surface area contributed by atoms with Gasteiger partial charge in [0.05, 0.1) is 28.0 Å². The third-order valence-corrected chi connectivity index (χ3v) is 4.78. The second kappa shape index (κ2) is 6.78. The number of carbonyl (C=O) groups is 1. The van der Waals surface area contributed by atoms with Crippen LogP contribution in [0.25, 0.3) is 21.5 Å². The summed E-state index contributed by atoms with van der Waals surface area (Å²) >= 11 is 1.58. The fraction of sp³-hybridized carbons (Fsp3) is 0.0526. The Morgan fingerprint density at radius 3 is 2.68 bits per heavy atom. The Bertz CT molecular complexity index is 997. The minimum Gasteiger partial charge on any atom is -0.345 e. The Morgan fingerprint density at radius 2 is 1.84 bits per heavy atom. The summed E-state index contributed by atoms with van der Waals surface area (Å²) in [7, 11) is 0. The SMILES string of the molecule is O=C(NCc1nc2ccccc2s1)c1cncnc1-c1ccccc1. The number of rotatable bonds is 4. The van der Waals surface area contributed by atoms with E-state index in [-0.39, 0.29) is 5.91 Å². The molecule has 0 radical (unpaired) electrons. The zero-order valence-electron chi connectivity index (χ0n) is 13.2. The number of amides is 1. The molecule has 4 aromatic rings. The average Bonchev–Trinajstić information content (AvgIpc) is 3.10. The predicted octanol–water partition coefficient (Wildman–Crippen LogP) is 3.68. The van der Waals surface area contributed by atoms with Crippen LogP contribution in [0.3, 0.4) is 0 Å². The van der Waals surface area contributed by atoms with Crippen molar-refractivity contribution in [3.8, 4) is 11.3 Å². The van der Waals surface area contributed by atoms with Crippen molar-refractivity contribution in [2.45, 2.75) is 6.54 Å². The Morgan fingerprint density at radius 1 is 1.04 bits per heavy atom. The lowest BCUT2D eigenvalue weighted by atomic mass is 10.1. The van der Waals surface area contributed by atoms with E-state index in [1.54, 1.807) is 17.5 Å². The van der Waals surface area contributed by atoms with Gasteiger partial charge in [-0.15, -0.1) is 11.3 Å². The molecule has 0 fully saturated rings. The normalized spacial score (nSPS) is 10.7. The molecule has 5 nitrogen and oxygen atoms in total. The smallest absolute Gasteiger partial charge is 0.255 e. The number of benzene rings is 2. The van der Waals surface area contributed by atoms with E-state index < -0.39 is 0 Å². The first-order valence-corrected chi connectivity index (χ1v) is 8.61. The third-order valence-electron chi connectivity index (χ3n) is 3.74. The molecule has 25 heavy (non-hydrogen) atoms. The van der Waals surface area contributed by atoms with Gasteiger partial charge in [-0.3, -0.25) is 4.79 Å². The molecule has 0 atom stereocenters. The van der Waals surface area contributed by atoms with E-state index in [9.17, 15) is 4.79 Å². The van der Waals surface area contributed by atoms with E-state index in [0.29, 0.717) is 17.8 Å². The maximum absolute atomic E-state index is 12.6. The summed E-state index contributed by atoms with van der Waals surface area (Å²) in [5, 5.41) is 3.78. The minimum atomic E-state index is -0.210. The van der Waals surface area contributed by atoms with Crippen LogP contribution >= 0.6 is 11.3 Å². The molecule has 4 rings (SSSR count). The molecule has 1 N–H and O–H groups in total. The van der Waals surface area contributed by atoms with Crippen LogP contribution in [0, 0.1) is 0 Å². The molecule has 0 saturated carbocycles. The number of nitrogens with one attached hydrogen (secondary N) is 1. The van der Waals surface area contributed by atoms with Crippen molar-refractivity contribution < 1.29 is 4.79 Å². The number of fused-ring (bicyclic) bond motifs is 1. The summed E-state index contributed by atoms with van der Waals surface area (Å²) < 4.78 is 1.11. The highest BCUT2D eigenvalue weighted by atomic mass is 32.1. The summed E-state index contributed by atoms with van der Waals surface area (Å²) in [5.74, 6) is -0.210. The van der Waals surface area contributed by atoms with Gasteiger partial charge in [-0.05, 0) is 12.1 Å². The summed E-state index contributed by atoms with van der Waals surface area (Å²) in [6.07, 6.45) is 3.00. The maximum Gasteiger partial charge on any atom is 0.255 e. The van der Waals surface area contributed by atoms with Gasteiger partial charge in [0.2, 0.25) is 0 Å². The van der Waals surface area contributed by atoms with Crippen molar-refractivity contribution in [3.05, 3.63) is 77.7 Å². The van der Waals surface area contributed by atoms with Crippen LogP contribution in [0.15, 0.2) is 67.1 Å². The highest BCUT2D eigenvalue weighted by Gasteiger charge is 2.15. The summed E-state index contributed by atoms with van der Waals surface area (Å²) in [4.78, 5) is 25.4. The molecule has 2 aromatic carbocycles. The Balaban J connectivity index is 1.55. The Kier molecular flexibility index (Phi) is 4.18. The second-order valence-corrected chi connectivity index (χ2v) is 6.52. The lowest BCUT2D eigenvalue weighted by molar-refractivity contribution is 0.0951. The van der Waals surface area contributed by atoms with Gasteiger partial charge in [0.1, 0.15) is 11.3 Å². The van der Waals surface area contributed by atoms with Crippen molar-refractivity contribution in [1.29, 1.82) is 0 Å². The van der Waals surface area contributed by atoms with Crippen LogP contribution in [-0.2, 0) is 6.54 Å². The molecule has 0 saturated heterocycles. The van der Waals surface area contributed by atoms with Crippen molar-refractivity contribution in [1.82, 2.24) is 20.3 Å². The first-order chi connectivity index (χ1) is 12.3. The zero-order valence-corrected chi connectivity index (χ0v) is 14.0. The highest BCUT2D eigenvalue weighted by Crippen LogP contribution is 2.22. The van der Waals surface area contributed by atoms with Gasteiger partial charge in [-0.2, -0.15) is 0 Å². The van der Waals surface area contributed by atoms with Gasteiger partial charge >= 0.3 is 0 Å². The molecule has 0 unspecified atom stereocenters. The van der Waals surface area contributed by atoms with Crippen molar-refractivity contribution in [2.24, 2.45) is 0 Å². The van der Waals surface area contributed by atoms with E-state index in [2.05, 4.69) is 20.3 Å². The minimum absolute atomic E-state index is 0.210. The zero-order chi connectivity index (χ0) is 17.1. The molecule has 0 spiro atoms. The Hall–Kier alpha value is -3.12.